The number of anilines is 1. The van der Waals surface area contributed by atoms with Crippen LogP contribution in [0.25, 0.3) is 0 Å². The number of benzene rings is 1. The first-order valence-corrected chi connectivity index (χ1v) is 9.10. The minimum absolute atomic E-state index is 0.0674. The number of aromatic nitrogens is 2. The Morgan fingerprint density at radius 1 is 1.35 bits per heavy atom. The van der Waals surface area contributed by atoms with Crippen LogP contribution in [0.5, 0.6) is 0 Å². The van der Waals surface area contributed by atoms with Crippen molar-refractivity contribution in [2.24, 2.45) is 5.92 Å². The number of nitrogens with zero attached hydrogens (tertiary/aromatic N) is 3. The standard InChI is InChI=1S/C18H19BrN4O3/c1-12-7-16(24)22(11-21-12)6-5-20-18(26)13-8-17(25)23(10-13)15-4-2-3-14(19)9-15/h2-4,7,9,11,13H,5-6,8,10H2,1H3,(H,20,26). The van der Waals surface area contributed by atoms with Crippen molar-refractivity contribution in [1.29, 1.82) is 0 Å². The highest BCUT2D eigenvalue weighted by atomic mass is 79.9. The van der Waals surface area contributed by atoms with Gasteiger partial charge in [0.15, 0.2) is 0 Å². The summed E-state index contributed by atoms with van der Waals surface area (Å²) in [6.45, 7) is 2.76. The summed E-state index contributed by atoms with van der Waals surface area (Å²) < 4.78 is 2.33. The third kappa shape index (κ3) is 4.19. The van der Waals surface area contributed by atoms with E-state index in [4.69, 9.17) is 0 Å². The molecule has 1 aliphatic heterocycles. The molecule has 1 aromatic carbocycles. The van der Waals surface area contributed by atoms with Crippen LogP contribution in [0.1, 0.15) is 12.1 Å². The summed E-state index contributed by atoms with van der Waals surface area (Å²) in [5.41, 5.74) is 1.29. The number of carbonyl (C=O) groups excluding carboxylic acids is 2. The van der Waals surface area contributed by atoms with Crippen LogP contribution in [0.2, 0.25) is 0 Å². The van der Waals surface area contributed by atoms with Crippen LogP contribution in [0.3, 0.4) is 0 Å². The fourth-order valence-electron chi connectivity index (χ4n) is 2.91. The highest BCUT2D eigenvalue weighted by Gasteiger charge is 2.34. The molecule has 7 nitrogen and oxygen atoms in total. The van der Waals surface area contributed by atoms with E-state index in [0.29, 0.717) is 25.3 Å². The van der Waals surface area contributed by atoms with Crippen molar-refractivity contribution in [3.8, 4) is 0 Å². The van der Waals surface area contributed by atoms with Gasteiger partial charge in [-0.2, -0.15) is 0 Å². The van der Waals surface area contributed by atoms with E-state index in [2.05, 4.69) is 26.2 Å². The maximum atomic E-state index is 12.4. The van der Waals surface area contributed by atoms with Crippen LogP contribution < -0.4 is 15.8 Å². The maximum absolute atomic E-state index is 12.4. The molecule has 136 valence electrons. The van der Waals surface area contributed by atoms with E-state index in [1.165, 1.54) is 17.0 Å². The second kappa shape index (κ2) is 7.82. The number of hydrogen-bond acceptors (Lipinski definition) is 4. The van der Waals surface area contributed by atoms with Gasteiger partial charge in [0.2, 0.25) is 11.8 Å². The monoisotopic (exact) mass is 418 g/mol. The molecule has 3 rings (SSSR count). The molecule has 1 aromatic heterocycles. The van der Waals surface area contributed by atoms with Crippen molar-refractivity contribution in [2.75, 3.05) is 18.0 Å². The highest BCUT2D eigenvalue weighted by Crippen LogP contribution is 2.27. The van der Waals surface area contributed by atoms with Gasteiger partial charge in [0.25, 0.3) is 5.56 Å². The molecular formula is C18H19BrN4O3. The molecule has 0 spiro atoms. The number of rotatable bonds is 5. The molecule has 0 bridgehead atoms. The van der Waals surface area contributed by atoms with Crippen molar-refractivity contribution >= 4 is 33.4 Å². The number of amides is 2. The molecule has 0 radical (unpaired) electrons. The molecular weight excluding hydrogens is 400 g/mol. The third-order valence-corrected chi connectivity index (χ3v) is 4.78. The van der Waals surface area contributed by atoms with E-state index in [-0.39, 0.29) is 23.8 Å². The smallest absolute Gasteiger partial charge is 0.253 e. The molecule has 1 saturated heterocycles. The third-order valence-electron chi connectivity index (χ3n) is 4.28. The summed E-state index contributed by atoms with van der Waals surface area (Å²) in [4.78, 5) is 42.1. The Balaban J connectivity index is 1.55. The van der Waals surface area contributed by atoms with E-state index in [9.17, 15) is 14.4 Å². The SMILES string of the molecule is Cc1cc(=O)n(CCNC(=O)C2CC(=O)N(c3cccc(Br)c3)C2)cn1. The molecule has 0 saturated carbocycles. The lowest BCUT2D eigenvalue weighted by atomic mass is 10.1. The summed E-state index contributed by atoms with van der Waals surface area (Å²) in [5, 5.41) is 2.80. The Labute approximate surface area is 159 Å². The molecule has 2 amide bonds. The summed E-state index contributed by atoms with van der Waals surface area (Å²) >= 11 is 3.39. The van der Waals surface area contributed by atoms with Gasteiger partial charge in [-0.25, -0.2) is 4.98 Å². The van der Waals surface area contributed by atoms with Gasteiger partial charge in [0.05, 0.1) is 12.2 Å². The van der Waals surface area contributed by atoms with Crippen LogP contribution in [-0.2, 0) is 16.1 Å². The minimum Gasteiger partial charge on any atom is -0.354 e. The van der Waals surface area contributed by atoms with E-state index >= 15 is 0 Å². The summed E-state index contributed by atoms with van der Waals surface area (Å²) in [6.07, 6.45) is 1.66. The molecule has 2 heterocycles. The molecule has 0 aliphatic carbocycles. The van der Waals surface area contributed by atoms with E-state index < -0.39 is 5.92 Å². The zero-order chi connectivity index (χ0) is 18.7. The zero-order valence-corrected chi connectivity index (χ0v) is 15.9. The quantitative estimate of drug-likeness (QED) is 0.796. The second-order valence-corrected chi connectivity index (χ2v) is 7.15. The molecule has 2 aromatic rings. The number of hydrogen-bond donors (Lipinski definition) is 1. The zero-order valence-electron chi connectivity index (χ0n) is 14.3. The van der Waals surface area contributed by atoms with Crippen molar-refractivity contribution in [3.05, 3.63) is 57.2 Å². The summed E-state index contributed by atoms with van der Waals surface area (Å²) in [7, 11) is 0. The Hall–Kier alpha value is -2.48. The summed E-state index contributed by atoms with van der Waals surface area (Å²) in [5.74, 6) is -0.638. The topological polar surface area (TPSA) is 84.3 Å². The van der Waals surface area contributed by atoms with Gasteiger partial charge < -0.3 is 10.2 Å². The van der Waals surface area contributed by atoms with Crippen molar-refractivity contribution in [1.82, 2.24) is 14.9 Å². The van der Waals surface area contributed by atoms with E-state index in [1.54, 1.807) is 11.8 Å². The minimum atomic E-state index is -0.394. The lowest BCUT2D eigenvalue weighted by Crippen LogP contribution is -2.36. The molecule has 1 fully saturated rings. The van der Waals surface area contributed by atoms with E-state index in [1.807, 2.05) is 24.3 Å². The van der Waals surface area contributed by atoms with Gasteiger partial charge in [0, 0.05) is 48.0 Å². The van der Waals surface area contributed by atoms with E-state index in [0.717, 1.165) is 10.2 Å². The first-order valence-electron chi connectivity index (χ1n) is 8.31. The van der Waals surface area contributed by atoms with Crippen LogP contribution in [0.4, 0.5) is 5.69 Å². The van der Waals surface area contributed by atoms with Crippen molar-refractivity contribution in [2.45, 2.75) is 19.9 Å². The lowest BCUT2D eigenvalue weighted by Gasteiger charge is -2.17. The normalized spacial score (nSPS) is 16.8. The van der Waals surface area contributed by atoms with Crippen LogP contribution >= 0.6 is 15.9 Å². The molecule has 26 heavy (non-hydrogen) atoms. The van der Waals surface area contributed by atoms with Gasteiger partial charge in [-0.3, -0.25) is 19.0 Å². The number of nitrogens with one attached hydrogen (secondary N) is 1. The predicted molar refractivity (Wildman–Crippen MR) is 101 cm³/mol. The van der Waals surface area contributed by atoms with Crippen LogP contribution in [0, 0.1) is 12.8 Å². The predicted octanol–water partition coefficient (Wildman–Crippen LogP) is 1.48. The summed E-state index contributed by atoms with van der Waals surface area (Å²) in [6, 6.07) is 8.89. The highest BCUT2D eigenvalue weighted by molar-refractivity contribution is 9.10. The average molecular weight is 419 g/mol. The second-order valence-electron chi connectivity index (χ2n) is 6.24. The molecule has 1 aliphatic rings. The Kier molecular flexibility index (Phi) is 5.51. The maximum Gasteiger partial charge on any atom is 0.253 e. The first-order chi connectivity index (χ1) is 12.4. The average Bonchev–Trinajstić information content (AvgIpc) is 2.99. The van der Waals surface area contributed by atoms with Gasteiger partial charge in [-0.05, 0) is 25.1 Å². The van der Waals surface area contributed by atoms with Gasteiger partial charge in [-0.1, -0.05) is 22.0 Å². The molecule has 1 atom stereocenters. The largest absolute Gasteiger partial charge is 0.354 e. The van der Waals surface area contributed by atoms with Gasteiger partial charge in [0.1, 0.15) is 0 Å². The lowest BCUT2D eigenvalue weighted by molar-refractivity contribution is -0.126. The first kappa shape index (κ1) is 18.3. The fraction of sp³-hybridized carbons (Fsp3) is 0.333. The Morgan fingerprint density at radius 3 is 2.88 bits per heavy atom. The molecule has 1 unspecified atom stereocenters. The fourth-order valence-corrected chi connectivity index (χ4v) is 3.29. The number of carbonyl (C=O) groups is 2. The van der Waals surface area contributed by atoms with Gasteiger partial charge in [-0.15, -0.1) is 0 Å². The van der Waals surface area contributed by atoms with Crippen LogP contribution in [-0.4, -0.2) is 34.5 Å². The van der Waals surface area contributed by atoms with Gasteiger partial charge >= 0.3 is 0 Å². The van der Waals surface area contributed by atoms with Crippen molar-refractivity contribution in [3.63, 3.8) is 0 Å². The molecule has 8 heteroatoms. The Bertz CT molecular complexity index is 896. The Morgan fingerprint density at radius 2 is 2.15 bits per heavy atom. The molecule has 1 N–H and O–H groups in total. The van der Waals surface area contributed by atoms with Crippen molar-refractivity contribution < 1.29 is 9.59 Å². The van der Waals surface area contributed by atoms with Crippen LogP contribution in [0.15, 0.2) is 45.9 Å². The number of aryl methyl sites for hydroxylation is 1. The number of halogens is 1.